The van der Waals surface area contributed by atoms with Gasteiger partial charge >= 0.3 is 0 Å². The Morgan fingerprint density at radius 3 is 2.17 bits per heavy atom. The molecule has 18 heavy (non-hydrogen) atoms. The maximum atomic E-state index is 3.38. The fraction of sp³-hybridized carbons (Fsp3) is 0.538. The first-order valence-corrected chi connectivity index (χ1v) is 5.92. The van der Waals surface area contributed by atoms with Crippen molar-refractivity contribution in [3.8, 4) is 0 Å². The van der Waals surface area contributed by atoms with E-state index >= 15 is 0 Å². The second-order valence-corrected chi connectivity index (χ2v) is 4.18. The van der Waals surface area contributed by atoms with Gasteiger partial charge in [0.1, 0.15) is 0 Å². The molecule has 0 bridgehead atoms. The van der Waals surface area contributed by atoms with Crippen LogP contribution in [-0.2, 0) is 6.42 Å². The van der Waals surface area contributed by atoms with Gasteiger partial charge in [-0.15, -0.1) is 37.2 Å². The van der Waals surface area contributed by atoms with Gasteiger partial charge in [0.2, 0.25) is 0 Å². The van der Waals surface area contributed by atoms with E-state index in [1.54, 1.807) is 0 Å². The van der Waals surface area contributed by atoms with E-state index in [1.165, 1.54) is 38.0 Å². The van der Waals surface area contributed by atoms with Gasteiger partial charge in [-0.05, 0) is 24.9 Å². The van der Waals surface area contributed by atoms with E-state index in [9.17, 15) is 0 Å². The molecule has 1 heterocycles. The highest BCUT2D eigenvalue weighted by Gasteiger charge is 2.07. The van der Waals surface area contributed by atoms with Gasteiger partial charge in [0.05, 0.1) is 0 Å². The molecule has 1 aromatic rings. The molecule has 0 saturated carbocycles. The number of aryl methyl sites for hydroxylation is 1. The van der Waals surface area contributed by atoms with Crippen LogP contribution in [0, 0.1) is 0 Å². The summed E-state index contributed by atoms with van der Waals surface area (Å²) in [5.74, 6) is 0. The van der Waals surface area contributed by atoms with Gasteiger partial charge in [0.25, 0.3) is 0 Å². The van der Waals surface area contributed by atoms with Crippen LogP contribution < -0.4 is 5.32 Å². The summed E-state index contributed by atoms with van der Waals surface area (Å²) in [5, 5.41) is 3.38. The molecule has 1 aliphatic heterocycles. The highest BCUT2D eigenvalue weighted by Crippen LogP contribution is 2.03. The first kappa shape index (κ1) is 20.3. The zero-order chi connectivity index (χ0) is 10.3. The first-order chi connectivity index (χ1) is 7.45. The molecule has 0 atom stereocenters. The minimum absolute atomic E-state index is 0. The number of rotatable bonds is 4. The molecule has 1 N–H and O–H groups in total. The zero-order valence-electron chi connectivity index (χ0n) is 10.5. The van der Waals surface area contributed by atoms with Gasteiger partial charge in [-0.2, -0.15) is 0 Å². The number of nitrogens with one attached hydrogen (secondary N) is 1. The van der Waals surface area contributed by atoms with Gasteiger partial charge in [-0.25, -0.2) is 0 Å². The molecule has 0 aliphatic carbocycles. The maximum Gasteiger partial charge on any atom is 0.0107 e. The van der Waals surface area contributed by atoms with Crippen molar-refractivity contribution in [1.82, 2.24) is 10.2 Å². The molecule has 1 aromatic carbocycles. The summed E-state index contributed by atoms with van der Waals surface area (Å²) in [7, 11) is 0. The molecule has 1 fully saturated rings. The first-order valence-electron chi connectivity index (χ1n) is 5.92. The van der Waals surface area contributed by atoms with Crippen LogP contribution in [0.4, 0.5) is 0 Å². The Bertz CT molecular complexity index is 277. The van der Waals surface area contributed by atoms with Crippen molar-refractivity contribution in [2.75, 3.05) is 32.7 Å². The van der Waals surface area contributed by atoms with E-state index in [0.717, 1.165) is 13.1 Å². The molecule has 1 aliphatic rings. The molecular formula is C13H23Cl3N2. The van der Waals surface area contributed by atoms with Crippen LogP contribution in [0.15, 0.2) is 30.3 Å². The van der Waals surface area contributed by atoms with Crippen molar-refractivity contribution in [1.29, 1.82) is 0 Å². The molecule has 2 nitrogen and oxygen atoms in total. The predicted molar refractivity (Wildman–Crippen MR) is 85.8 cm³/mol. The second-order valence-electron chi connectivity index (χ2n) is 4.18. The van der Waals surface area contributed by atoms with Crippen LogP contribution in [-0.4, -0.2) is 37.6 Å². The van der Waals surface area contributed by atoms with Crippen LogP contribution >= 0.6 is 37.2 Å². The lowest BCUT2D eigenvalue weighted by Crippen LogP contribution is -2.43. The third kappa shape index (κ3) is 7.45. The van der Waals surface area contributed by atoms with Crippen LogP contribution in [0.1, 0.15) is 12.0 Å². The lowest BCUT2D eigenvalue weighted by atomic mass is 10.1. The van der Waals surface area contributed by atoms with E-state index in [-0.39, 0.29) is 37.2 Å². The largest absolute Gasteiger partial charge is 0.314 e. The topological polar surface area (TPSA) is 15.3 Å². The summed E-state index contributed by atoms with van der Waals surface area (Å²) < 4.78 is 0. The molecule has 0 amide bonds. The second kappa shape index (κ2) is 12.1. The summed E-state index contributed by atoms with van der Waals surface area (Å²) in [4.78, 5) is 2.56. The van der Waals surface area contributed by atoms with Gasteiger partial charge in [-0.1, -0.05) is 30.3 Å². The Morgan fingerprint density at radius 1 is 0.944 bits per heavy atom. The predicted octanol–water partition coefficient (Wildman–Crippen LogP) is 2.79. The number of benzene rings is 1. The van der Waals surface area contributed by atoms with Crippen LogP contribution in [0.2, 0.25) is 0 Å². The normalized spacial score (nSPS) is 14.9. The van der Waals surface area contributed by atoms with Crippen LogP contribution in [0.25, 0.3) is 0 Å². The van der Waals surface area contributed by atoms with E-state index in [1.807, 2.05) is 0 Å². The SMILES string of the molecule is Cl.Cl.Cl.c1ccc(CCCN2CCNCC2)cc1. The van der Waals surface area contributed by atoms with E-state index < -0.39 is 0 Å². The molecule has 5 heteroatoms. The molecule has 106 valence electrons. The number of hydrogen-bond acceptors (Lipinski definition) is 2. The summed E-state index contributed by atoms with van der Waals surface area (Å²) >= 11 is 0. The Labute approximate surface area is 129 Å². The number of piperazine rings is 1. The Morgan fingerprint density at radius 2 is 1.56 bits per heavy atom. The Kier molecular flexibility index (Phi) is 13.6. The van der Waals surface area contributed by atoms with Crippen LogP contribution in [0.5, 0.6) is 0 Å². The van der Waals surface area contributed by atoms with Crippen molar-refractivity contribution >= 4 is 37.2 Å². The van der Waals surface area contributed by atoms with Gasteiger partial charge in [0, 0.05) is 26.2 Å². The summed E-state index contributed by atoms with van der Waals surface area (Å²) in [6, 6.07) is 10.8. The highest BCUT2D eigenvalue weighted by molar-refractivity contribution is 5.86. The summed E-state index contributed by atoms with van der Waals surface area (Å²) in [5.41, 5.74) is 1.47. The molecule has 1 saturated heterocycles. The molecule has 0 unspecified atom stereocenters. The lowest BCUT2D eigenvalue weighted by molar-refractivity contribution is 0.238. The fourth-order valence-corrected chi connectivity index (χ4v) is 2.09. The number of hydrogen-bond donors (Lipinski definition) is 1. The quantitative estimate of drug-likeness (QED) is 0.919. The third-order valence-corrected chi connectivity index (χ3v) is 2.99. The average molecular weight is 314 g/mol. The van der Waals surface area contributed by atoms with E-state index in [0.29, 0.717) is 0 Å². The monoisotopic (exact) mass is 312 g/mol. The highest BCUT2D eigenvalue weighted by atomic mass is 35.5. The van der Waals surface area contributed by atoms with Gasteiger partial charge in [0.15, 0.2) is 0 Å². The standard InChI is InChI=1S/C13H20N2.3ClH/c1-2-5-13(6-3-1)7-4-10-15-11-8-14-9-12-15;;;/h1-3,5-6,14H,4,7-12H2;3*1H. The van der Waals surface area contributed by atoms with Gasteiger partial charge in [-0.3, -0.25) is 0 Å². The van der Waals surface area contributed by atoms with Crippen molar-refractivity contribution < 1.29 is 0 Å². The Balaban J connectivity index is 0. The van der Waals surface area contributed by atoms with Crippen molar-refractivity contribution in [2.45, 2.75) is 12.8 Å². The number of nitrogens with zero attached hydrogens (tertiary/aromatic N) is 1. The lowest BCUT2D eigenvalue weighted by Gasteiger charge is -2.27. The minimum Gasteiger partial charge on any atom is -0.314 e. The molecule has 2 rings (SSSR count). The Hall–Kier alpha value is 0.01000. The number of halogens is 3. The van der Waals surface area contributed by atoms with E-state index in [2.05, 4.69) is 40.5 Å². The fourth-order valence-electron chi connectivity index (χ4n) is 2.09. The van der Waals surface area contributed by atoms with Crippen molar-refractivity contribution in [2.24, 2.45) is 0 Å². The average Bonchev–Trinajstić information content (AvgIpc) is 2.32. The van der Waals surface area contributed by atoms with Crippen molar-refractivity contribution in [3.05, 3.63) is 35.9 Å². The van der Waals surface area contributed by atoms with E-state index in [4.69, 9.17) is 0 Å². The molecular weight excluding hydrogens is 291 g/mol. The zero-order valence-corrected chi connectivity index (χ0v) is 13.0. The van der Waals surface area contributed by atoms with Gasteiger partial charge < -0.3 is 10.2 Å². The van der Waals surface area contributed by atoms with Crippen molar-refractivity contribution in [3.63, 3.8) is 0 Å². The maximum absolute atomic E-state index is 3.38. The third-order valence-electron chi connectivity index (χ3n) is 2.99. The smallest absolute Gasteiger partial charge is 0.0107 e. The molecule has 0 aromatic heterocycles. The van der Waals surface area contributed by atoms with Crippen LogP contribution in [0.3, 0.4) is 0 Å². The summed E-state index contributed by atoms with van der Waals surface area (Å²) in [6.45, 7) is 6.00. The summed E-state index contributed by atoms with van der Waals surface area (Å²) in [6.07, 6.45) is 2.49. The molecule has 0 spiro atoms. The molecule has 0 radical (unpaired) electrons. The minimum atomic E-state index is 0.